The van der Waals surface area contributed by atoms with E-state index in [1.807, 2.05) is 4.90 Å². The molecule has 5 nitrogen and oxygen atoms in total. The Labute approximate surface area is 111 Å². The standard InChI is InChI=1S/C14H18N2O3/c17-13-6-5-10(9-15-13)14(18)16-7-8-19-12-4-2-1-3-11(12)16/h5-6,9,11-12H,1-4,7-8H2,(H,15,17). The molecule has 1 aliphatic heterocycles. The number of nitrogens with zero attached hydrogens (tertiary/aromatic N) is 1. The number of hydrogen-bond acceptors (Lipinski definition) is 3. The van der Waals surface area contributed by atoms with Crippen LogP contribution in [0.15, 0.2) is 23.1 Å². The molecule has 2 unspecified atom stereocenters. The van der Waals surface area contributed by atoms with Gasteiger partial charge in [0, 0.05) is 18.8 Å². The quantitative estimate of drug-likeness (QED) is 0.826. The van der Waals surface area contributed by atoms with Gasteiger partial charge in [-0.2, -0.15) is 0 Å². The summed E-state index contributed by atoms with van der Waals surface area (Å²) in [5, 5.41) is 0. The van der Waals surface area contributed by atoms with Gasteiger partial charge in [-0.25, -0.2) is 0 Å². The van der Waals surface area contributed by atoms with Gasteiger partial charge in [-0.05, 0) is 18.9 Å². The highest BCUT2D eigenvalue weighted by atomic mass is 16.5. The van der Waals surface area contributed by atoms with E-state index in [1.165, 1.54) is 18.7 Å². The first kappa shape index (κ1) is 12.4. The fourth-order valence-corrected chi connectivity index (χ4v) is 3.06. The molecule has 1 amide bonds. The van der Waals surface area contributed by atoms with Crippen molar-refractivity contribution in [2.45, 2.75) is 37.8 Å². The third-order valence-corrected chi connectivity index (χ3v) is 4.02. The number of morpholine rings is 1. The summed E-state index contributed by atoms with van der Waals surface area (Å²) in [6.07, 6.45) is 6.08. The summed E-state index contributed by atoms with van der Waals surface area (Å²) in [7, 11) is 0. The molecule has 19 heavy (non-hydrogen) atoms. The van der Waals surface area contributed by atoms with E-state index in [0.717, 1.165) is 19.3 Å². The van der Waals surface area contributed by atoms with Crippen LogP contribution in [-0.4, -0.2) is 41.1 Å². The van der Waals surface area contributed by atoms with Crippen molar-refractivity contribution in [2.75, 3.05) is 13.2 Å². The van der Waals surface area contributed by atoms with Gasteiger partial charge in [0.05, 0.1) is 24.3 Å². The number of fused-ring (bicyclic) bond motifs is 1. The van der Waals surface area contributed by atoms with Crippen molar-refractivity contribution < 1.29 is 9.53 Å². The predicted octanol–water partition coefficient (Wildman–Crippen LogP) is 1.16. The molecule has 2 heterocycles. The Morgan fingerprint density at radius 2 is 2.16 bits per heavy atom. The zero-order chi connectivity index (χ0) is 13.2. The molecule has 0 aromatic carbocycles. The average Bonchev–Trinajstić information content (AvgIpc) is 2.47. The molecule has 102 valence electrons. The lowest BCUT2D eigenvalue weighted by Gasteiger charge is -2.43. The van der Waals surface area contributed by atoms with Crippen LogP contribution in [0, 0.1) is 0 Å². The van der Waals surface area contributed by atoms with Gasteiger partial charge in [0.25, 0.3) is 5.91 Å². The van der Waals surface area contributed by atoms with Crippen LogP contribution < -0.4 is 5.56 Å². The minimum Gasteiger partial charge on any atom is -0.374 e. The van der Waals surface area contributed by atoms with Crippen LogP contribution >= 0.6 is 0 Å². The molecule has 1 saturated carbocycles. The summed E-state index contributed by atoms with van der Waals surface area (Å²) in [6.45, 7) is 1.25. The lowest BCUT2D eigenvalue weighted by atomic mass is 9.90. The van der Waals surface area contributed by atoms with Crippen LogP contribution in [0.4, 0.5) is 0 Å². The molecule has 1 aromatic rings. The number of carbonyl (C=O) groups excluding carboxylic acids is 1. The van der Waals surface area contributed by atoms with E-state index < -0.39 is 0 Å². The second-order valence-electron chi connectivity index (χ2n) is 5.20. The number of aromatic nitrogens is 1. The van der Waals surface area contributed by atoms with Crippen molar-refractivity contribution in [3.05, 3.63) is 34.2 Å². The van der Waals surface area contributed by atoms with Crippen LogP contribution in [0.5, 0.6) is 0 Å². The highest BCUT2D eigenvalue weighted by molar-refractivity contribution is 5.94. The number of pyridine rings is 1. The highest BCUT2D eigenvalue weighted by Gasteiger charge is 2.36. The molecular formula is C14H18N2O3. The van der Waals surface area contributed by atoms with Crippen molar-refractivity contribution >= 4 is 5.91 Å². The Morgan fingerprint density at radius 3 is 2.95 bits per heavy atom. The van der Waals surface area contributed by atoms with Crippen molar-refractivity contribution in [3.8, 4) is 0 Å². The van der Waals surface area contributed by atoms with Crippen molar-refractivity contribution in [2.24, 2.45) is 0 Å². The number of aromatic amines is 1. The first-order valence-electron chi connectivity index (χ1n) is 6.87. The van der Waals surface area contributed by atoms with Crippen LogP contribution in [-0.2, 0) is 4.74 Å². The molecule has 1 aromatic heterocycles. The van der Waals surface area contributed by atoms with Gasteiger partial charge < -0.3 is 14.6 Å². The number of nitrogens with one attached hydrogen (secondary N) is 1. The lowest BCUT2D eigenvalue weighted by molar-refractivity contribution is -0.0752. The zero-order valence-corrected chi connectivity index (χ0v) is 10.8. The monoisotopic (exact) mass is 262 g/mol. The molecule has 2 fully saturated rings. The minimum absolute atomic E-state index is 0.00329. The molecule has 1 saturated heterocycles. The van der Waals surface area contributed by atoms with Crippen LogP contribution in [0.2, 0.25) is 0 Å². The summed E-state index contributed by atoms with van der Waals surface area (Å²) in [5.74, 6) is -0.00329. The maximum Gasteiger partial charge on any atom is 0.255 e. The molecule has 1 aliphatic carbocycles. The third-order valence-electron chi connectivity index (χ3n) is 4.02. The van der Waals surface area contributed by atoms with E-state index in [0.29, 0.717) is 18.7 Å². The highest BCUT2D eigenvalue weighted by Crippen LogP contribution is 2.29. The zero-order valence-electron chi connectivity index (χ0n) is 10.8. The smallest absolute Gasteiger partial charge is 0.255 e. The van der Waals surface area contributed by atoms with E-state index in [2.05, 4.69) is 4.98 Å². The summed E-state index contributed by atoms with van der Waals surface area (Å²) < 4.78 is 5.77. The lowest BCUT2D eigenvalue weighted by Crippen LogP contribution is -2.54. The largest absolute Gasteiger partial charge is 0.374 e. The van der Waals surface area contributed by atoms with Crippen molar-refractivity contribution in [1.29, 1.82) is 0 Å². The summed E-state index contributed by atoms with van der Waals surface area (Å²) >= 11 is 0. The molecule has 5 heteroatoms. The van der Waals surface area contributed by atoms with E-state index in [9.17, 15) is 9.59 Å². The molecular weight excluding hydrogens is 244 g/mol. The molecule has 1 N–H and O–H groups in total. The van der Waals surface area contributed by atoms with E-state index in [4.69, 9.17) is 4.74 Å². The van der Waals surface area contributed by atoms with Crippen LogP contribution in [0.3, 0.4) is 0 Å². The Kier molecular flexibility index (Phi) is 3.38. The molecule has 2 atom stereocenters. The molecule has 2 aliphatic rings. The third kappa shape index (κ3) is 2.42. The summed E-state index contributed by atoms with van der Waals surface area (Å²) in [4.78, 5) is 28.0. The number of hydrogen-bond donors (Lipinski definition) is 1. The van der Waals surface area contributed by atoms with E-state index in [-0.39, 0.29) is 23.6 Å². The topological polar surface area (TPSA) is 62.4 Å². The van der Waals surface area contributed by atoms with Gasteiger partial charge in [0.1, 0.15) is 0 Å². The SMILES string of the molecule is O=C(c1ccc(=O)[nH]c1)N1CCOC2CCCCC21. The number of H-pyrrole nitrogens is 1. The predicted molar refractivity (Wildman–Crippen MR) is 70.1 cm³/mol. The Morgan fingerprint density at radius 1 is 1.32 bits per heavy atom. The first-order valence-corrected chi connectivity index (χ1v) is 6.87. The maximum absolute atomic E-state index is 12.5. The first-order chi connectivity index (χ1) is 9.25. The fourth-order valence-electron chi connectivity index (χ4n) is 3.06. The van der Waals surface area contributed by atoms with Crippen LogP contribution in [0.25, 0.3) is 0 Å². The van der Waals surface area contributed by atoms with E-state index in [1.54, 1.807) is 6.07 Å². The Bertz CT molecular complexity index is 503. The van der Waals surface area contributed by atoms with Gasteiger partial charge in [-0.15, -0.1) is 0 Å². The van der Waals surface area contributed by atoms with Gasteiger partial charge in [-0.1, -0.05) is 12.8 Å². The number of ether oxygens (including phenoxy) is 1. The minimum atomic E-state index is -0.186. The summed E-state index contributed by atoms with van der Waals surface area (Å²) in [5.41, 5.74) is 0.361. The second kappa shape index (κ2) is 5.17. The number of amides is 1. The second-order valence-corrected chi connectivity index (χ2v) is 5.20. The number of carbonyl (C=O) groups is 1. The normalized spacial score (nSPS) is 26.8. The number of rotatable bonds is 1. The van der Waals surface area contributed by atoms with Gasteiger partial charge in [0.15, 0.2) is 0 Å². The average molecular weight is 262 g/mol. The maximum atomic E-state index is 12.5. The van der Waals surface area contributed by atoms with Gasteiger partial charge in [-0.3, -0.25) is 9.59 Å². The summed E-state index contributed by atoms with van der Waals surface area (Å²) in [6, 6.07) is 3.18. The molecule has 0 spiro atoms. The Hall–Kier alpha value is -1.62. The Balaban J connectivity index is 1.81. The van der Waals surface area contributed by atoms with Crippen molar-refractivity contribution in [1.82, 2.24) is 9.88 Å². The van der Waals surface area contributed by atoms with Gasteiger partial charge in [0.2, 0.25) is 5.56 Å². The fraction of sp³-hybridized carbons (Fsp3) is 0.571. The molecule has 0 bridgehead atoms. The molecule has 3 rings (SSSR count). The molecule has 0 radical (unpaired) electrons. The van der Waals surface area contributed by atoms with Gasteiger partial charge >= 0.3 is 0 Å². The van der Waals surface area contributed by atoms with Crippen LogP contribution in [0.1, 0.15) is 36.0 Å². The van der Waals surface area contributed by atoms with Crippen molar-refractivity contribution in [3.63, 3.8) is 0 Å². The van der Waals surface area contributed by atoms with E-state index >= 15 is 0 Å².